The summed E-state index contributed by atoms with van der Waals surface area (Å²) in [5, 5.41) is 2.82. The van der Waals surface area contributed by atoms with Crippen LogP contribution in [0.25, 0.3) is 0 Å². The molecule has 0 spiro atoms. The minimum atomic E-state index is -3.62. The average Bonchev–Trinajstić information content (AvgIpc) is 3.22. The summed E-state index contributed by atoms with van der Waals surface area (Å²) in [5.41, 5.74) is 6.95. The van der Waals surface area contributed by atoms with Gasteiger partial charge in [0.05, 0.1) is 4.90 Å². The number of aryl methyl sites for hydroxylation is 1. The van der Waals surface area contributed by atoms with Gasteiger partial charge in [-0.25, -0.2) is 13.1 Å². The van der Waals surface area contributed by atoms with Crippen LogP contribution >= 0.6 is 0 Å². The summed E-state index contributed by atoms with van der Waals surface area (Å²) in [7, 11) is -3.62. The van der Waals surface area contributed by atoms with Crippen molar-refractivity contribution in [3.8, 4) is 0 Å². The second-order valence-electron chi connectivity index (χ2n) is 5.29. The van der Waals surface area contributed by atoms with Crippen LogP contribution in [0, 0.1) is 6.92 Å². The van der Waals surface area contributed by atoms with E-state index < -0.39 is 10.0 Å². The van der Waals surface area contributed by atoms with Crippen molar-refractivity contribution in [2.45, 2.75) is 43.7 Å². The van der Waals surface area contributed by atoms with Gasteiger partial charge in [-0.15, -0.1) is 0 Å². The van der Waals surface area contributed by atoms with E-state index >= 15 is 0 Å². The highest BCUT2D eigenvalue weighted by Gasteiger charge is 2.23. The quantitative estimate of drug-likeness (QED) is 0.678. The molecular formula is C14H21N3O3S. The van der Waals surface area contributed by atoms with E-state index in [1.807, 2.05) is 0 Å². The number of benzene rings is 1. The first kappa shape index (κ1) is 15.9. The summed E-state index contributed by atoms with van der Waals surface area (Å²) < 4.78 is 27.0. The van der Waals surface area contributed by atoms with Crippen LogP contribution in [-0.2, 0) is 21.4 Å². The van der Waals surface area contributed by atoms with E-state index in [1.54, 1.807) is 25.1 Å². The number of hydrogen-bond acceptors (Lipinski definition) is 4. The second kappa shape index (κ2) is 6.55. The topological polar surface area (TPSA) is 101 Å². The first-order valence-corrected chi connectivity index (χ1v) is 8.49. The highest BCUT2D eigenvalue weighted by molar-refractivity contribution is 7.89. The fourth-order valence-corrected chi connectivity index (χ4v) is 3.29. The summed E-state index contributed by atoms with van der Waals surface area (Å²) in [6.07, 6.45) is 2.18. The number of nitrogens with two attached hydrogens (primary N) is 1. The molecule has 1 aromatic carbocycles. The van der Waals surface area contributed by atoms with Gasteiger partial charge in [0.2, 0.25) is 15.9 Å². The largest absolute Gasteiger partial charge is 0.353 e. The molecule has 7 heteroatoms. The van der Waals surface area contributed by atoms with Crippen LogP contribution in [0.1, 0.15) is 30.4 Å². The SMILES string of the molecule is Cc1ccc(CN)cc1S(=O)(=O)NCCC(=O)NC1CC1. The molecule has 1 saturated carbocycles. The van der Waals surface area contributed by atoms with E-state index in [9.17, 15) is 13.2 Å². The Hall–Kier alpha value is -1.44. The molecule has 0 atom stereocenters. The highest BCUT2D eigenvalue weighted by Crippen LogP contribution is 2.19. The van der Waals surface area contributed by atoms with E-state index in [4.69, 9.17) is 5.73 Å². The Bertz CT molecular complexity index is 624. The number of sulfonamides is 1. The van der Waals surface area contributed by atoms with Gasteiger partial charge in [-0.2, -0.15) is 0 Å². The molecule has 4 N–H and O–H groups in total. The fraction of sp³-hybridized carbons (Fsp3) is 0.500. The highest BCUT2D eigenvalue weighted by atomic mass is 32.2. The lowest BCUT2D eigenvalue weighted by Crippen LogP contribution is -2.32. The van der Waals surface area contributed by atoms with Crippen molar-refractivity contribution in [1.82, 2.24) is 10.0 Å². The summed E-state index contributed by atoms with van der Waals surface area (Å²) in [6, 6.07) is 5.40. The maximum atomic E-state index is 12.3. The Morgan fingerprint density at radius 1 is 1.38 bits per heavy atom. The number of carbonyl (C=O) groups excluding carboxylic acids is 1. The van der Waals surface area contributed by atoms with E-state index in [0.29, 0.717) is 5.56 Å². The van der Waals surface area contributed by atoms with Gasteiger partial charge in [0.1, 0.15) is 0 Å². The molecule has 0 radical (unpaired) electrons. The lowest BCUT2D eigenvalue weighted by molar-refractivity contribution is -0.121. The maximum Gasteiger partial charge on any atom is 0.240 e. The molecule has 21 heavy (non-hydrogen) atoms. The molecule has 0 unspecified atom stereocenters. The minimum Gasteiger partial charge on any atom is -0.353 e. The zero-order valence-electron chi connectivity index (χ0n) is 12.1. The molecule has 1 fully saturated rings. The van der Waals surface area contributed by atoms with Crippen LogP contribution in [-0.4, -0.2) is 26.9 Å². The Labute approximate surface area is 125 Å². The monoisotopic (exact) mass is 311 g/mol. The van der Waals surface area contributed by atoms with Gasteiger partial charge in [0.25, 0.3) is 0 Å². The third kappa shape index (κ3) is 4.52. The summed E-state index contributed by atoms with van der Waals surface area (Å²) >= 11 is 0. The number of amides is 1. The van der Waals surface area contributed by atoms with Gasteiger partial charge < -0.3 is 11.1 Å². The lowest BCUT2D eigenvalue weighted by Gasteiger charge is -2.10. The molecule has 0 saturated heterocycles. The van der Waals surface area contributed by atoms with Crippen LogP contribution < -0.4 is 15.8 Å². The van der Waals surface area contributed by atoms with Crippen LogP contribution in [0.2, 0.25) is 0 Å². The van der Waals surface area contributed by atoms with Crippen LogP contribution in [0.4, 0.5) is 0 Å². The smallest absolute Gasteiger partial charge is 0.240 e. The number of rotatable bonds is 7. The summed E-state index contributed by atoms with van der Waals surface area (Å²) in [5.74, 6) is -0.118. The zero-order chi connectivity index (χ0) is 15.5. The summed E-state index contributed by atoms with van der Waals surface area (Å²) in [6.45, 7) is 2.11. The van der Waals surface area contributed by atoms with Crippen molar-refractivity contribution in [1.29, 1.82) is 0 Å². The predicted molar refractivity (Wildman–Crippen MR) is 80.0 cm³/mol. The second-order valence-corrected chi connectivity index (χ2v) is 7.03. The van der Waals surface area contributed by atoms with Crippen molar-refractivity contribution in [2.24, 2.45) is 5.73 Å². The molecule has 1 amide bonds. The Kier molecular flexibility index (Phi) is 4.97. The predicted octanol–water partition coefficient (Wildman–Crippen LogP) is 0.401. The molecule has 0 aliphatic heterocycles. The molecule has 6 nitrogen and oxygen atoms in total. The third-order valence-corrected chi connectivity index (χ3v) is 4.97. The van der Waals surface area contributed by atoms with Gasteiger partial charge in [0, 0.05) is 25.6 Å². The Morgan fingerprint density at radius 3 is 2.71 bits per heavy atom. The molecule has 1 aliphatic rings. The van der Waals surface area contributed by atoms with Crippen LogP contribution in [0.15, 0.2) is 23.1 Å². The molecule has 116 valence electrons. The Balaban J connectivity index is 1.95. The number of carbonyl (C=O) groups is 1. The third-order valence-electron chi connectivity index (χ3n) is 3.36. The van der Waals surface area contributed by atoms with E-state index in [2.05, 4.69) is 10.0 Å². The molecule has 0 bridgehead atoms. The number of hydrogen-bond donors (Lipinski definition) is 3. The minimum absolute atomic E-state index is 0.0905. The molecule has 0 aromatic heterocycles. The van der Waals surface area contributed by atoms with Gasteiger partial charge in [-0.3, -0.25) is 4.79 Å². The van der Waals surface area contributed by atoms with Gasteiger partial charge in [0.15, 0.2) is 0 Å². The average molecular weight is 311 g/mol. The maximum absolute atomic E-state index is 12.3. The molecule has 0 heterocycles. The lowest BCUT2D eigenvalue weighted by atomic mass is 10.1. The summed E-state index contributed by atoms with van der Waals surface area (Å²) in [4.78, 5) is 11.7. The van der Waals surface area contributed by atoms with E-state index in [0.717, 1.165) is 18.4 Å². The molecule has 1 aromatic rings. The van der Waals surface area contributed by atoms with Crippen molar-refractivity contribution in [3.05, 3.63) is 29.3 Å². The molecule has 1 aliphatic carbocycles. The van der Waals surface area contributed by atoms with Crippen molar-refractivity contribution >= 4 is 15.9 Å². The van der Waals surface area contributed by atoms with Crippen molar-refractivity contribution in [2.75, 3.05) is 6.54 Å². The van der Waals surface area contributed by atoms with Crippen LogP contribution in [0.5, 0.6) is 0 Å². The van der Waals surface area contributed by atoms with Gasteiger partial charge in [-0.1, -0.05) is 12.1 Å². The van der Waals surface area contributed by atoms with Crippen molar-refractivity contribution < 1.29 is 13.2 Å². The van der Waals surface area contributed by atoms with Crippen LogP contribution in [0.3, 0.4) is 0 Å². The standard InChI is InChI=1S/C14H21N3O3S/c1-10-2-3-11(9-15)8-13(10)21(19,20)16-7-6-14(18)17-12-4-5-12/h2-3,8,12,16H,4-7,9,15H2,1H3,(H,17,18). The van der Waals surface area contributed by atoms with E-state index in [-0.39, 0.29) is 36.4 Å². The molecular weight excluding hydrogens is 290 g/mol. The Morgan fingerprint density at radius 2 is 2.10 bits per heavy atom. The normalized spacial score (nSPS) is 15.0. The van der Waals surface area contributed by atoms with Crippen molar-refractivity contribution in [3.63, 3.8) is 0 Å². The van der Waals surface area contributed by atoms with Gasteiger partial charge in [-0.05, 0) is 37.0 Å². The van der Waals surface area contributed by atoms with Gasteiger partial charge >= 0.3 is 0 Å². The zero-order valence-corrected chi connectivity index (χ0v) is 12.9. The first-order chi connectivity index (χ1) is 9.92. The molecule has 2 rings (SSSR count). The van der Waals surface area contributed by atoms with E-state index in [1.165, 1.54) is 0 Å². The fourth-order valence-electron chi connectivity index (χ4n) is 1.97. The number of nitrogens with one attached hydrogen (secondary N) is 2. The first-order valence-electron chi connectivity index (χ1n) is 7.01.